The molecule has 0 unspecified atom stereocenters. The predicted octanol–water partition coefficient (Wildman–Crippen LogP) is 6.12. The summed E-state index contributed by atoms with van der Waals surface area (Å²) in [7, 11) is -3.42. The van der Waals surface area contributed by atoms with Gasteiger partial charge in [0, 0.05) is 32.7 Å². The van der Waals surface area contributed by atoms with E-state index in [-0.39, 0.29) is 10.6 Å². The quantitative estimate of drug-likeness (QED) is 0.352. The van der Waals surface area contributed by atoms with Crippen LogP contribution in [0.4, 0.5) is 20.2 Å². The van der Waals surface area contributed by atoms with Crippen LogP contribution in [0.2, 0.25) is 5.02 Å². The molecule has 0 aliphatic rings. The van der Waals surface area contributed by atoms with Gasteiger partial charge in [-0.15, -0.1) is 11.3 Å². The van der Waals surface area contributed by atoms with Crippen molar-refractivity contribution in [2.24, 2.45) is 0 Å². The topological polar surface area (TPSA) is 75.3 Å². The van der Waals surface area contributed by atoms with Gasteiger partial charge in [0.1, 0.15) is 11.6 Å². The van der Waals surface area contributed by atoms with Gasteiger partial charge in [-0.2, -0.15) is 0 Å². The van der Waals surface area contributed by atoms with Crippen molar-refractivity contribution in [3.63, 3.8) is 0 Å². The van der Waals surface area contributed by atoms with Gasteiger partial charge >= 0.3 is 0 Å². The van der Waals surface area contributed by atoms with Crippen LogP contribution in [0.1, 0.15) is 9.67 Å². The smallest absolute Gasteiger partial charge is 0.265 e. The van der Waals surface area contributed by atoms with E-state index in [2.05, 4.69) is 10.0 Å². The first-order valence-electron chi connectivity index (χ1n) is 9.16. The van der Waals surface area contributed by atoms with E-state index in [1.807, 2.05) is 0 Å². The monoisotopic (exact) mass is 492 g/mol. The van der Waals surface area contributed by atoms with Gasteiger partial charge in [0.2, 0.25) is 10.0 Å². The van der Waals surface area contributed by atoms with Crippen LogP contribution in [0.25, 0.3) is 21.2 Å². The van der Waals surface area contributed by atoms with Gasteiger partial charge in [0.25, 0.3) is 5.91 Å². The first-order valence-corrected chi connectivity index (χ1v) is 12.2. The Morgan fingerprint density at radius 1 is 0.969 bits per heavy atom. The number of amides is 1. The predicted molar refractivity (Wildman–Crippen MR) is 125 cm³/mol. The number of hydrogen-bond acceptors (Lipinski definition) is 4. The Balaban J connectivity index is 1.61. The molecule has 0 fully saturated rings. The van der Waals surface area contributed by atoms with Crippen molar-refractivity contribution in [1.29, 1.82) is 0 Å². The molecule has 0 atom stereocenters. The highest BCUT2D eigenvalue weighted by atomic mass is 35.5. The Labute approximate surface area is 191 Å². The van der Waals surface area contributed by atoms with E-state index in [0.29, 0.717) is 27.2 Å². The molecule has 4 aromatic rings. The summed E-state index contributed by atoms with van der Waals surface area (Å²) in [6.45, 7) is 0. The fraction of sp³-hybridized carbons (Fsp3) is 0.0455. The molecule has 32 heavy (non-hydrogen) atoms. The minimum atomic E-state index is -3.42. The summed E-state index contributed by atoms with van der Waals surface area (Å²) in [5.41, 5.74) is 1.28. The highest BCUT2D eigenvalue weighted by Crippen LogP contribution is 2.32. The number of carbonyl (C=O) groups is 1. The number of sulfonamides is 1. The van der Waals surface area contributed by atoms with E-state index >= 15 is 0 Å². The van der Waals surface area contributed by atoms with Crippen molar-refractivity contribution in [3.8, 4) is 11.1 Å². The fourth-order valence-corrected chi connectivity index (χ4v) is 4.89. The highest BCUT2D eigenvalue weighted by molar-refractivity contribution is 7.92. The molecule has 3 aromatic carbocycles. The number of halogens is 3. The van der Waals surface area contributed by atoms with Crippen molar-refractivity contribution in [1.82, 2.24) is 0 Å². The Morgan fingerprint density at radius 3 is 2.47 bits per heavy atom. The number of anilines is 2. The van der Waals surface area contributed by atoms with E-state index < -0.39 is 27.6 Å². The number of fused-ring (bicyclic) bond motifs is 1. The average Bonchev–Trinajstić information content (AvgIpc) is 3.09. The molecule has 1 aromatic heterocycles. The number of nitrogens with one attached hydrogen (secondary N) is 2. The van der Waals surface area contributed by atoms with Crippen molar-refractivity contribution in [2.75, 3.05) is 16.3 Å². The van der Waals surface area contributed by atoms with Gasteiger partial charge in [-0.05, 0) is 65.5 Å². The third-order valence-corrected chi connectivity index (χ3v) is 6.38. The first kappa shape index (κ1) is 22.2. The second kappa shape index (κ2) is 8.50. The van der Waals surface area contributed by atoms with E-state index in [1.54, 1.807) is 30.3 Å². The lowest BCUT2D eigenvalue weighted by molar-refractivity contribution is 0.103. The van der Waals surface area contributed by atoms with Crippen LogP contribution < -0.4 is 10.0 Å². The molecule has 0 bridgehead atoms. The van der Waals surface area contributed by atoms with Crippen molar-refractivity contribution < 1.29 is 22.0 Å². The van der Waals surface area contributed by atoms with Gasteiger partial charge in [0.15, 0.2) is 0 Å². The molecular formula is C22H15ClF2N2O3S2. The molecule has 4 rings (SSSR count). The summed E-state index contributed by atoms with van der Waals surface area (Å²) < 4.78 is 53.4. The van der Waals surface area contributed by atoms with E-state index in [9.17, 15) is 22.0 Å². The molecule has 10 heteroatoms. The molecule has 0 saturated heterocycles. The molecule has 1 heterocycles. The highest BCUT2D eigenvalue weighted by Gasteiger charge is 2.14. The molecule has 0 aliphatic heterocycles. The Morgan fingerprint density at radius 2 is 1.75 bits per heavy atom. The Bertz CT molecular complexity index is 1470. The van der Waals surface area contributed by atoms with Crippen LogP contribution in [0.5, 0.6) is 0 Å². The maximum absolute atomic E-state index is 14.2. The summed E-state index contributed by atoms with van der Waals surface area (Å²) >= 11 is 7.38. The maximum atomic E-state index is 14.2. The van der Waals surface area contributed by atoms with E-state index in [1.165, 1.54) is 29.5 Å². The largest absolute Gasteiger partial charge is 0.321 e. The van der Waals surface area contributed by atoms with Gasteiger partial charge in [0.05, 0.1) is 11.1 Å². The summed E-state index contributed by atoms with van der Waals surface area (Å²) in [6, 6.07) is 14.4. The van der Waals surface area contributed by atoms with Crippen LogP contribution in [0.3, 0.4) is 0 Å². The third kappa shape index (κ3) is 5.07. The van der Waals surface area contributed by atoms with Gasteiger partial charge in [-0.25, -0.2) is 17.2 Å². The van der Waals surface area contributed by atoms with Crippen molar-refractivity contribution in [3.05, 3.63) is 82.2 Å². The van der Waals surface area contributed by atoms with Crippen LogP contribution in [0.15, 0.2) is 60.7 Å². The van der Waals surface area contributed by atoms with Crippen LogP contribution in [-0.4, -0.2) is 20.6 Å². The number of hydrogen-bond donors (Lipinski definition) is 2. The number of rotatable bonds is 5. The maximum Gasteiger partial charge on any atom is 0.265 e. The Hall–Kier alpha value is -3.01. The third-order valence-electron chi connectivity index (χ3n) is 4.44. The summed E-state index contributed by atoms with van der Waals surface area (Å²) in [4.78, 5) is 13.2. The standard InChI is InChI=1S/C22H15ClF2N2O3S2/c1-32(29,30)27-16-3-5-20-13(8-16)9-21(31-20)22(28)26-17-7-12(6-14(23)10-17)18-4-2-15(24)11-19(18)25/h2-11,27H,1H3,(H,26,28). The second-order valence-corrected chi connectivity index (χ2v) is 10.3. The molecule has 0 spiro atoms. The van der Waals surface area contributed by atoms with Crippen molar-refractivity contribution in [2.45, 2.75) is 0 Å². The number of carbonyl (C=O) groups excluding carboxylic acids is 1. The molecule has 5 nitrogen and oxygen atoms in total. The minimum absolute atomic E-state index is 0.150. The first-order chi connectivity index (χ1) is 15.1. The zero-order valence-electron chi connectivity index (χ0n) is 16.4. The lowest BCUT2D eigenvalue weighted by Crippen LogP contribution is -2.10. The lowest BCUT2D eigenvalue weighted by atomic mass is 10.0. The van der Waals surface area contributed by atoms with E-state index in [0.717, 1.165) is 23.1 Å². The molecular weight excluding hydrogens is 478 g/mol. The molecule has 164 valence electrons. The molecule has 0 saturated carbocycles. The van der Waals surface area contributed by atoms with Gasteiger partial charge in [-0.1, -0.05) is 11.6 Å². The summed E-state index contributed by atoms with van der Waals surface area (Å²) in [6.07, 6.45) is 1.06. The van der Waals surface area contributed by atoms with Crippen LogP contribution >= 0.6 is 22.9 Å². The van der Waals surface area contributed by atoms with Gasteiger partial charge in [-0.3, -0.25) is 9.52 Å². The van der Waals surface area contributed by atoms with E-state index in [4.69, 9.17) is 11.6 Å². The lowest BCUT2D eigenvalue weighted by Gasteiger charge is -2.09. The fourth-order valence-electron chi connectivity index (χ4n) is 3.17. The minimum Gasteiger partial charge on any atom is -0.321 e. The SMILES string of the molecule is CS(=O)(=O)Nc1ccc2sc(C(=O)Nc3cc(Cl)cc(-c4ccc(F)cc4F)c3)cc2c1. The van der Waals surface area contributed by atoms with Crippen molar-refractivity contribution >= 4 is 60.3 Å². The Kier molecular flexibility index (Phi) is 5.89. The molecule has 2 N–H and O–H groups in total. The molecule has 0 aliphatic carbocycles. The van der Waals surface area contributed by atoms with Crippen LogP contribution in [-0.2, 0) is 10.0 Å². The average molecular weight is 493 g/mol. The molecule has 0 radical (unpaired) electrons. The zero-order chi connectivity index (χ0) is 23.0. The van der Waals surface area contributed by atoms with Gasteiger partial charge < -0.3 is 5.32 Å². The number of thiophene rings is 1. The zero-order valence-corrected chi connectivity index (χ0v) is 18.8. The number of benzene rings is 3. The summed E-state index contributed by atoms with van der Waals surface area (Å²) in [5, 5.41) is 3.71. The summed E-state index contributed by atoms with van der Waals surface area (Å²) in [5.74, 6) is -1.84. The molecule has 1 amide bonds. The van der Waals surface area contributed by atoms with Crippen LogP contribution in [0, 0.1) is 11.6 Å². The normalized spacial score (nSPS) is 11.5. The second-order valence-electron chi connectivity index (χ2n) is 7.04.